The Morgan fingerprint density at radius 1 is 0.386 bits per heavy atom. The third-order valence-electron chi connectivity index (χ3n) is 38.9. The maximum absolute atomic E-state index is 13.3. The first-order valence-corrected chi connectivity index (χ1v) is 52.9. The lowest BCUT2D eigenvalue weighted by molar-refractivity contribution is -0.231. The molecule has 0 aromatic heterocycles. The Labute approximate surface area is 882 Å². The smallest absolute Gasteiger partial charge is 0.347 e. The van der Waals surface area contributed by atoms with Gasteiger partial charge in [-0.05, 0) is 414 Å². The number of ether oxygens (including phenoxy) is 12. The Kier molecular flexibility index (Phi) is 48.6. The minimum absolute atomic E-state index is 0. The van der Waals surface area contributed by atoms with Crippen molar-refractivity contribution in [2.24, 2.45) is 168 Å². The van der Waals surface area contributed by atoms with E-state index in [2.05, 4.69) is 27.7 Å². The van der Waals surface area contributed by atoms with E-state index < -0.39 is 56.7 Å². The number of rotatable bonds is 28. The summed E-state index contributed by atoms with van der Waals surface area (Å²) in [4.78, 5) is 133. The van der Waals surface area contributed by atoms with E-state index >= 15 is 0 Å². The van der Waals surface area contributed by atoms with Crippen molar-refractivity contribution in [1.29, 1.82) is 0 Å². The summed E-state index contributed by atoms with van der Waals surface area (Å²) in [5, 5.41) is 10.6. The third kappa shape index (κ3) is 28.6. The molecule has 0 spiro atoms. The summed E-state index contributed by atoms with van der Waals surface area (Å²) < 4.78 is 66.9. The van der Waals surface area contributed by atoms with Crippen LogP contribution in [0.1, 0.15) is 459 Å². The third-order valence-corrected chi connectivity index (χ3v) is 38.9. The molecule has 22 bridgehead atoms. The highest BCUT2D eigenvalue weighted by atomic mass is 16.7. The van der Waals surface area contributed by atoms with Gasteiger partial charge in [-0.1, -0.05) is 145 Å². The second-order valence-corrected chi connectivity index (χ2v) is 50.8. The van der Waals surface area contributed by atoms with Crippen molar-refractivity contribution in [3.05, 3.63) is 0 Å². The zero-order valence-electron chi connectivity index (χ0n) is 85.1. The fourth-order valence-electron chi connectivity index (χ4n) is 29.7. The van der Waals surface area contributed by atoms with Gasteiger partial charge < -0.3 is 61.9 Å². The van der Waals surface area contributed by atoms with Crippen molar-refractivity contribution in [2.75, 3.05) is 33.2 Å². The average Bonchev–Trinajstić information content (AvgIpc) is 1.72. The van der Waals surface area contributed by atoms with Crippen LogP contribution in [-0.4, -0.2) is 151 Å². The van der Waals surface area contributed by atoms with Crippen LogP contribution < -0.4 is 0 Å². The molecule has 24 aliphatic rings. The van der Waals surface area contributed by atoms with E-state index in [1.165, 1.54) is 103 Å². The molecule has 0 radical (unpaired) electrons. The minimum atomic E-state index is -0.687. The van der Waals surface area contributed by atoms with Crippen LogP contribution in [0, 0.1) is 168 Å². The molecule has 2 heterocycles. The molecule has 24 rings (SSSR count). The van der Waals surface area contributed by atoms with Crippen molar-refractivity contribution in [1.82, 2.24) is 0 Å². The summed E-state index contributed by atoms with van der Waals surface area (Å²) in [6.07, 6.45) is 35.3. The summed E-state index contributed by atoms with van der Waals surface area (Å²) in [5.74, 6) is 10.3. The predicted octanol–water partition coefficient (Wildman–Crippen LogP) is 27.7. The van der Waals surface area contributed by atoms with Crippen LogP contribution in [-0.2, 0) is 110 Å². The van der Waals surface area contributed by atoms with Crippen molar-refractivity contribution in [2.45, 2.75) is 506 Å². The van der Waals surface area contributed by atoms with Crippen molar-refractivity contribution in [3.8, 4) is 0 Å². The van der Waals surface area contributed by atoms with E-state index in [0.717, 1.165) is 144 Å². The van der Waals surface area contributed by atoms with Gasteiger partial charge in [0.1, 0.15) is 35.1 Å². The number of fused-ring (bicyclic) bond motifs is 1. The second-order valence-electron chi connectivity index (χ2n) is 50.8. The molecule has 0 aromatic rings. The van der Waals surface area contributed by atoms with Crippen LogP contribution in [0.2, 0.25) is 0 Å². The van der Waals surface area contributed by atoms with Gasteiger partial charge in [-0.3, -0.25) is 38.4 Å². The first-order chi connectivity index (χ1) is 62.4. The lowest BCUT2D eigenvalue weighted by Gasteiger charge is -2.62. The van der Waals surface area contributed by atoms with Gasteiger partial charge in [0.05, 0.1) is 62.6 Å². The van der Waals surface area contributed by atoms with Gasteiger partial charge in [0.2, 0.25) is 6.10 Å². The first kappa shape index (κ1) is 135. The zero-order valence-corrected chi connectivity index (χ0v) is 85.1. The van der Waals surface area contributed by atoms with E-state index in [1.54, 1.807) is 27.7 Å². The van der Waals surface area contributed by atoms with Gasteiger partial charge in [-0.15, -0.1) is 0 Å². The van der Waals surface area contributed by atoms with Crippen LogP contribution in [0.5, 0.6) is 0 Å². The number of hydrogen-bond donors (Lipinski definition) is 1. The van der Waals surface area contributed by atoms with E-state index in [-0.39, 0.29) is 221 Å². The molecule has 24 heteroatoms. The highest BCUT2D eigenvalue weighted by molar-refractivity contribution is 5.84. The van der Waals surface area contributed by atoms with Gasteiger partial charge in [0.15, 0.2) is 20.0 Å². The summed E-state index contributed by atoms with van der Waals surface area (Å²) in [6.45, 7) is 41.8. The second kappa shape index (κ2) is 52.1. The minimum Gasteiger partial charge on any atom is -0.463 e. The maximum atomic E-state index is 13.3. The maximum Gasteiger partial charge on any atom is 0.347 e. The normalized spacial score (nSPS) is 36.2. The molecule has 1 N–H and O–H groups in total. The number of esters is 11. The topological polar surface area (TPSA) is 319 Å². The fraction of sp³-hybridized carbons (Fsp3) is 0.909. The Hall–Kier alpha value is -5.91. The van der Waals surface area contributed by atoms with Gasteiger partial charge in [-0.25, -0.2) is 14.4 Å². The van der Waals surface area contributed by atoms with E-state index in [9.17, 15) is 57.8 Å². The molecule has 24 fully saturated rings. The molecule has 22 aliphatic carbocycles. The Balaban J connectivity index is 0.000000589. The summed E-state index contributed by atoms with van der Waals surface area (Å²) in [6, 6.07) is 0. The van der Waals surface area contributed by atoms with Crippen LogP contribution in [0.25, 0.3) is 0 Å². The SMILES string of the molecule is C.C.C.C.C.C.C.C.C.C.C.C.CCC(C)(C)C(=O)OC1(C(C)C)C2CC3CC(C2)CC1C3.CCC(C)(C)C(=O)OC12CC3CC(CC(O)(C3)C1)C2.CCC(C)(C)C(=O)OC1C2CC3CC1CC(C(=O)OCOCC1C4CC5CC(C4)CC1C5)(C3)C2.CCC(C)(C)C(=O)OC1CCOC1=O.CCC(C)(C)C(=O)OCC(=O)OC1(C)C2CC3CC(C2)CC1C3.CCC(C)(C)C(=O)OCC(=O)OC1C2CC3C(=O)OC1C3C2. The molecule has 24 nitrogen and oxygen atoms in total. The Morgan fingerprint density at radius 2 is 0.779 bits per heavy atom. The van der Waals surface area contributed by atoms with Crippen molar-refractivity contribution in [3.63, 3.8) is 0 Å². The summed E-state index contributed by atoms with van der Waals surface area (Å²) in [5.41, 5.74) is -4.71. The van der Waals surface area contributed by atoms with Gasteiger partial charge >= 0.3 is 65.7 Å². The van der Waals surface area contributed by atoms with Gasteiger partial charge in [0.25, 0.3) is 0 Å². The fourth-order valence-corrected chi connectivity index (χ4v) is 29.7. The molecule has 22 saturated carbocycles. The number of carbonyl (C=O) groups excluding carboxylic acids is 11. The molecule has 846 valence electrons. The van der Waals surface area contributed by atoms with Crippen molar-refractivity contribution < 1.29 is 115 Å². The molecule has 10 atom stereocenters. The quantitative estimate of drug-likeness (QED) is 0.0329. The Morgan fingerprint density at radius 3 is 1.20 bits per heavy atom. The highest BCUT2D eigenvalue weighted by Gasteiger charge is 2.67. The lowest BCUT2D eigenvalue weighted by atomic mass is 9.47. The monoisotopic (exact) mass is 2060 g/mol. The Bertz CT molecular complexity index is 4100. The molecule has 10 unspecified atom stereocenters. The molecule has 2 aliphatic heterocycles. The predicted molar refractivity (Wildman–Crippen MR) is 576 cm³/mol. The standard InChI is InChI=1S/C29H44O5.C19H30O4.C19H32O2.C16H22O6.C16H26O3.C10H16O4.12CH4/c1-4-28(2,3)26(30)34-25-22-10-19-11-23(25)14-29(12-19,13-22)27(31)33-16-32-15-24-20-6-17-5-18(8-20)9-21(24)7-17;1-5-18(2,3)17(21)22-11-16(20)23-19(4)14-7-12-6-13(9-14)10-15(19)8-12;1-6-18(4,5)17(20)21-19(12(2)3)15-8-13-7-14(10-15)11-16(19)9-13;1-4-16(2,3)15(19)20-7-11(17)21-12-8-5-9-10(6-8)14(18)22-13(9)12;1-4-14(2,3)13(17)19-16-8-11-5-12(9-16)7-15(18,6-11)10-16;1-4-10(2,3)9(12)14-7-5-6-13-8(7)11;;;;;;;;;;;;/h17-25H,4-16H2,1-3H3;12-15H,5-11H2,1-4H3;12-16H,6-11H2,1-5H3;8-10,12-13H,4-7H2,1-3H3;11-12,18H,4-10H2,1-3H3;7H,4-6H2,1-3H3;12*1H4. The van der Waals surface area contributed by atoms with Crippen LogP contribution >= 0.6 is 0 Å². The molecule has 0 aromatic carbocycles. The molecule has 145 heavy (non-hydrogen) atoms. The number of cyclic esters (lactones) is 1. The van der Waals surface area contributed by atoms with Gasteiger partial charge in [0, 0.05) is 24.7 Å². The van der Waals surface area contributed by atoms with Crippen LogP contribution in [0.4, 0.5) is 0 Å². The lowest BCUT2D eigenvalue weighted by Crippen LogP contribution is -2.63. The average molecular weight is 2060 g/mol. The van der Waals surface area contributed by atoms with Crippen LogP contribution in [0.15, 0.2) is 0 Å². The van der Waals surface area contributed by atoms with E-state index in [0.29, 0.717) is 104 Å². The van der Waals surface area contributed by atoms with Gasteiger partial charge in [-0.2, -0.15) is 0 Å². The van der Waals surface area contributed by atoms with Crippen molar-refractivity contribution >= 4 is 65.7 Å². The molecular formula is C121H218O24. The van der Waals surface area contributed by atoms with Crippen LogP contribution in [0.3, 0.4) is 0 Å². The largest absolute Gasteiger partial charge is 0.463 e. The summed E-state index contributed by atoms with van der Waals surface area (Å²) >= 11 is 0. The molecule has 2 saturated heterocycles. The molecular weight excluding hydrogens is 1840 g/mol. The van der Waals surface area contributed by atoms with E-state index in [4.69, 9.17) is 56.8 Å². The summed E-state index contributed by atoms with van der Waals surface area (Å²) in [7, 11) is 0. The first-order valence-electron chi connectivity index (χ1n) is 52.9. The highest BCUT2D eigenvalue weighted by Crippen LogP contribution is 2.66. The molecule has 0 amide bonds. The van der Waals surface area contributed by atoms with E-state index in [1.807, 2.05) is 90.0 Å². The number of hydrogen-bond acceptors (Lipinski definition) is 24. The number of carbonyl (C=O) groups is 11. The number of aliphatic hydroxyl groups is 1. The zero-order chi connectivity index (χ0) is 96.6.